The van der Waals surface area contributed by atoms with E-state index in [1.54, 1.807) is 4.90 Å². The molecule has 2 saturated heterocycles. The van der Waals surface area contributed by atoms with Gasteiger partial charge in [-0.3, -0.25) is 9.59 Å². The Hall–Kier alpha value is -1.77. The number of benzene rings is 1. The molecule has 1 unspecified atom stereocenters. The van der Waals surface area contributed by atoms with Gasteiger partial charge in [-0.15, -0.1) is 0 Å². The molecule has 2 fully saturated rings. The number of hydrogen-bond acceptors (Lipinski definition) is 5. The van der Waals surface area contributed by atoms with Crippen molar-refractivity contribution >= 4 is 21.7 Å². The number of carbonyl (C=O) groups is 2. The summed E-state index contributed by atoms with van der Waals surface area (Å²) in [6.45, 7) is 3.69. The first-order chi connectivity index (χ1) is 11.9. The van der Waals surface area contributed by atoms with E-state index < -0.39 is 10.0 Å². The topological polar surface area (TPSA) is 86.8 Å². The highest BCUT2D eigenvalue weighted by atomic mass is 32.2. The zero-order valence-corrected chi connectivity index (χ0v) is 15.1. The number of piperazine rings is 1. The third-order valence-electron chi connectivity index (χ3n) is 4.81. The first-order valence-electron chi connectivity index (χ1n) is 8.53. The van der Waals surface area contributed by atoms with Gasteiger partial charge in [0.1, 0.15) is 0 Å². The molecule has 2 heterocycles. The first kappa shape index (κ1) is 18.0. The van der Waals surface area contributed by atoms with Crippen LogP contribution in [-0.4, -0.2) is 68.1 Å². The van der Waals surface area contributed by atoms with Crippen molar-refractivity contribution in [1.82, 2.24) is 14.5 Å². The summed E-state index contributed by atoms with van der Waals surface area (Å²) >= 11 is 0. The fourth-order valence-electron chi connectivity index (χ4n) is 3.28. The van der Waals surface area contributed by atoms with Crippen LogP contribution in [0.2, 0.25) is 0 Å². The van der Waals surface area contributed by atoms with Crippen LogP contribution in [0.3, 0.4) is 0 Å². The number of hydrogen-bond donors (Lipinski definition) is 1. The van der Waals surface area contributed by atoms with Crippen LogP contribution in [0.25, 0.3) is 0 Å². The van der Waals surface area contributed by atoms with Crippen molar-refractivity contribution < 1.29 is 18.0 Å². The maximum Gasteiger partial charge on any atom is 0.243 e. The van der Waals surface area contributed by atoms with Gasteiger partial charge in [-0.25, -0.2) is 8.42 Å². The average Bonchev–Trinajstić information content (AvgIpc) is 3.16. The highest BCUT2D eigenvalue weighted by molar-refractivity contribution is 7.89. The van der Waals surface area contributed by atoms with Crippen molar-refractivity contribution in [3.8, 4) is 0 Å². The Morgan fingerprint density at radius 1 is 1.08 bits per heavy atom. The predicted octanol–water partition coefficient (Wildman–Crippen LogP) is 0.474. The van der Waals surface area contributed by atoms with E-state index in [1.807, 2.05) is 0 Å². The molecule has 0 aliphatic carbocycles. The first-order valence-corrected chi connectivity index (χ1v) is 9.97. The van der Waals surface area contributed by atoms with Crippen molar-refractivity contribution in [2.75, 3.05) is 32.7 Å². The molecule has 1 N–H and O–H groups in total. The van der Waals surface area contributed by atoms with Crippen LogP contribution >= 0.6 is 0 Å². The Morgan fingerprint density at radius 2 is 1.72 bits per heavy atom. The molecule has 25 heavy (non-hydrogen) atoms. The van der Waals surface area contributed by atoms with E-state index in [9.17, 15) is 18.0 Å². The van der Waals surface area contributed by atoms with E-state index in [0.717, 1.165) is 19.4 Å². The van der Waals surface area contributed by atoms with Gasteiger partial charge in [-0.2, -0.15) is 4.31 Å². The van der Waals surface area contributed by atoms with Gasteiger partial charge in [-0.1, -0.05) is 12.1 Å². The Kier molecular flexibility index (Phi) is 5.21. The summed E-state index contributed by atoms with van der Waals surface area (Å²) in [4.78, 5) is 25.6. The molecule has 7 nitrogen and oxygen atoms in total. The maximum absolute atomic E-state index is 12.7. The molecule has 136 valence electrons. The molecule has 0 saturated carbocycles. The van der Waals surface area contributed by atoms with Crippen molar-refractivity contribution in [2.24, 2.45) is 0 Å². The van der Waals surface area contributed by atoms with Gasteiger partial charge in [0.25, 0.3) is 0 Å². The Balaban J connectivity index is 1.64. The Bertz CT molecular complexity index is 747. The van der Waals surface area contributed by atoms with Crippen molar-refractivity contribution in [3.05, 3.63) is 29.8 Å². The minimum absolute atomic E-state index is 0.0698. The number of nitrogens with one attached hydrogen (secondary N) is 1. The second kappa shape index (κ2) is 7.23. The monoisotopic (exact) mass is 365 g/mol. The van der Waals surface area contributed by atoms with Crippen LogP contribution in [0.4, 0.5) is 0 Å². The molecule has 0 bridgehead atoms. The van der Waals surface area contributed by atoms with Crippen LogP contribution in [0.15, 0.2) is 29.2 Å². The minimum Gasteiger partial charge on any atom is -0.339 e. The normalized spacial score (nSPS) is 22.1. The van der Waals surface area contributed by atoms with E-state index in [1.165, 1.54) is 35.5 Å². The Morgan fingerprint density at radius 3 is 2.24 bits per heavy atom. The molecular formula is C17H23N3O4S. The summed E-state index contributed by atoms with van der Waals surface area (Å²) in [5.74, 6) is -0.0306. The number of Topliss-reactive ketones (excluding diaryl/α,β-unsaturated/α-hetero) is 1. The van der Waals surface area contributed by atoms with Crippen molar-refractivity contribution in [3.63, 3.8) is 0 Å². The summed E-state index contributed by atoms with van der Waals surface area (Å²) in [6, 6.07) is 5.86. The predicted molar refractivity (Wildman–Crippen MR) is 92.8 cm³/mol. The molecule has 2 aliphatic heterocycles. The van der Waals surface area contributed by atoms with Gasteiger partial charge in [0.2, 0.25) is 15.9 Å². The summed E-state index contributed by atoms with van der Waals surface area (Å²) in [7, 11) is -3.60. The molecule has 1 aromatic carbocycles. The highest BCUT2D eigenvalue weighted by Crippen LogP contribution is 2.19. The second-order valence-corrected chi connectivity index (χ2v) is 8.40. The number of ketones is 1. The number of amides is 1. The minimum atomic E-state index is -3.60. The fourth-order valence-corrected chi connectivity index (χ4v) is 4.70. The van der Waals surface area contributed by atoms with Gasteiger partial charge in [0, 0.05) is 31.7 Å². The van der Waals surface area contributed by atoms with Gasteiger partial charge in [-0.05, 0) is 38.4 Å². The lowest BCUT2D eigenvalue weighted by Crippen LogP contribution is -2.54. The largest absolute Gasteiger partial charge is 0.339 e. The standard InChI is InChI=1S/C17H23N3O4S/c1-13(21)14-4-6-15(7-5-14)25(23,24)20-11-9-19(10-12-20)17(22)16-3-2-8-18-16/h4-7,16,18H,2-3,8-12H2,1H3. The molecule has 0 aromatic heterocycles. The number of nitrogens with zero attached hydrogens (tertiary/aromatic N) is 2. The van der Waals surface area contributed by atoms with E-state index in [0.29, 0.717) is 18.7 Å². The fraction of sp³-hybridized carbons (Fsp3) is 0.529. The van der Waals surface area contributed by atoms with Crippen LogP contribution in [0.1, 0.15) is 30.1 Å². The SMILES string of the molecule is CC(=O)c1ccc(S(=O)(=O)N2CCN(C(=O)C3CCCN3)CC2)cc1. The molecule has 0 spiro atoms. The van der Waals surface area contributed by atoms with Gasteiger partial charge < -0.3 is 10.2 Å². The van der Waals surface area contributed by atoms with Gasteiger partial charge in [0.05, 0.1) is 10.9 Å². The van der Waals surface area contributed by atoms with Crippen LogP contribution in [-0.2, 0) is 14.8 Å². The van der Waals surface area contributed by atoms with E-state index in [-0.39, 0.29) is 35.7 Å². The van der Waals surface area contributed by atoms with Crippen LogP contribution in [0, 0.1) is 0 Å². The zero-order valence-electron chi connectivity index (χ0n) is 14.3. The van der Waals surface area contributed by atoms with E-state index in [2.05, 4.69) is 5.32 Å². The lowest BCUT2D eigenvalue weighted by Gasteiger charge is -2.35. The molecule has 1 amide bonds. The molecule has 0 radical (unpaired) electrons. The van der Waals surface area contributed by atoms with Crippen molar-refractivity contribution in [1.29, 1.82) is 0 Å². The summed E-state index contributed by atoms with van der Waals surface area (Å²) < 4.78 is 26.9. The average molecular weight is 365 g/mol. The molecular weight excluding hydrogens is 342 g/mol. The summed E-state index contributed by atoms with van der Waals surface area (Å²) in [5.41, 5.74) is 0.485. The maximum atomic E-state index is 12.7. The lowest BCUT2D eigenvalue weighted by molar-refractivity contribution is -0.134. The highest BCUT2D eigenvalue weighted by Gasteiger charge is 2.33. The van der Waals surface area contributed by atoms with Crippen LogP contribution < -0.4 is 5.32 Å². The van der Waals surface area contributed by atoms with E-state index in [4.69, 9.17) is 0 Å². The van der Waals surface area contributed by atoms with E-state index >= 15 is 0 Å². The van der Waals surface area contributed by atoms with Gasteiger partial charge in [0.15, 0.2) is 5.78 Å². The molecule has 8 heteroatoms. The smallest absolute Gasteiger partial charge is 0.243 e. The third kappa shape index (κ3) is 3.75. The Labute approximate surface area is 148 Å². The molecule has 3 rings (SSSR count). The number of carbonyl (C=O) groups excluding carboxylic acids is 2. The van der Waals surface area contributed by atoms with Crippen LogP contribution in [0.5, 0.6) is 0 Å². The third-order valence-corrected chi connectivity index (χ3v) is 6.72. The molecule has 2 aliphatic rings. The van der Waals surface area contributed by atoms with Crippen molar-refractivity contribution in [2.45, 2.75) is 30.7 Å². The second-order valence-electron chi connectivity index (χ2n) is 6.46. The molecule has 1 atom stereocenters. The summed E-state index contributed by atoms with van der Waals surface area (Å²) in [5, 5.41) is 3.18. The zero-order chi connectivity index (χ0) is 18.0. The quantitative estimate of drug-likeness (QED) is 0.784. The number of rotatable bonds is 4. The molecule has 1 aromatic rings. The lowest BCUT2D eigenvalue weighted by atomic mass is 10.2. The van der Waals surface area contributed by atoms with Gasteiger partial charge >= 0.3 is 0 Å². The number of sulfonamides is 1. The summed E-state index contributed by atoms with van der Waals surface area (Å²) in [6.07, 6.45) is 1.85.